The van der Waals surface area contributed by atoms with Gasteiger partial charge in [0, 0.05) is 0 Å². The number of amides is 2. The van der Waals surface area contributed by atoms with Gasteiger partial charge in [-0.2, -0.15) is 0 Å². The van der Waals surface area contributed by atoms with E-state index in [0.29, 0.717) is 11.1 Å². The zero-order chi connectivity index (χ0) is 13.2. The number of hydrogen-bond acceptors (Lipinski definition) is 2. The molecular formula is C16H11NO2. The molecule has 2 aromatic carbocycles. The Kier molecular flexibility index (Phi) is 2.72. The molecular weight excluding hydrogens is 238 g/mol. The number of imide groups is 1. The third-order valence-electron chi connectivity index (χ3n) is 3.03. The molecule has 1 heterocycles. The maximum absolute atomic E-state index is 11.5. The molecule has 0 atom stereocenters. The smallest absolute Gasteiger partial charge is 0.258 e. The summed E-state index contributed by atoms with van der Waals surface area (Å²) in [5, 5.41) is 2.28. The fraction of sp³-hybridized carbons (Fsp3) is 0. The Balaban J connectivity index is 1.92. The normalized spacial score (nSPS) is 13.7. The molecule has 0 fully saturated rings. The number of carbonyl (C=O) groups is 2. The average Bonchev–Trinajstić information content (AvgIpc) is 2.73. The fourth-order valence-corrected chi connectivity index (χ4v) is 2.05. The van der Waals surface area contributed by atoms with Crippen LogP contribution in [0.4, 0.5) is 0 Å². The number of benzene rings is 2. The van der Waals surface area contributed by atoms with Crippen LogP contribution in [0.25, 0.3) is 12.2 Å². The van der Waals surface area contributed by atoms with Gasteiger partial charge in [0.15, 0.2) is 0 Å². The first-order valence-corrected chi connectivity index (χ1v) is 5.97. The first-order valence-electron chi connectivity index (χ1n) is 5.97. The highest BCUT2D eigenvalue weighted by atomic mass is 16.2. The molecule has 1 aliphatic rings. The molecule has 0 saturated carbocycles. The Morgan fingerprint density at radius 2 is 1.42 bits per heavy atom. The topological polar surface area (TPSA) is 46.2 Å². The molecule has 1 N–H and O–H groups in total. The number of rotatable bonds is 2. The molecule has 0 radical (unpaired) electrons. The molecule has 0 saturated heterocycles. The number of carbonyl (C=O) groups excluding carboxylic acids is 2. The van der Waals surface area contributed by atoms with E-state index in [-0.39, 0.29) is 11.8 Å². The Labute approximate surface area is 110 Å². The van der Waals surface area contributed by atoms with Crippen molar-refractivity contribution in [3.63, 3.8) is 0 Å². The van der Waals surface area contributed by atoms with E-state index in [0.717, 1.165) is 11.1 Å². The van der Waals surface area contributed by atoms with Gasteiger partial charge in [-0.05, 0) is 23.3 Å². The van der Waals surface area contributed by atoms with E-state index in [2.05, 4.69) is 5.32 Å². The summed E-state index contributed by atoms with van der Waals surface area (Å²) in [6.45, 7) is 0. The lowest BCUT2D eigenvalue weighted by Gasteiger charge is -1.97. The van der Waals surface area contributed by atoms with E-state index in [4.69, 9.17) is 0 Å². The Hall–Kier alpha value is -2.68. The maximum Gasteiger partial charge on any atom is 0.258 e. The minimum Gasteiger partial charge on any atom is -0.288 e. The van der Waals surface area contributed by atoms with Gasteiger partial charge in [-0.15, -0.1) is 0 Å². The van der Waals surface area contributed by atoms with E-state index in [1.54, 1.807) is 12.1 Å². The van der Waals surface area contributed by atoms with E-state index in [9.17, 15) is 9.59 Å². The average molecular weight is 249 g/mol. The molecule has 0 aliphatic carbocycles. The van der Waals surface area contributed by atoms with Crippen LogP contribution in [0.15, 0.2) is 48.5 Å². The molecule has 2 aromatic rings. The lowest BCUT2D eigenvalue weighted by atomic mass is 10.0. The maximum atomic E-state index is 11.5. The quantitative estimate of drug-likeness (QED) is 0.657. The fourth-order valence-electron chi connectivity index (χ4n) is 2.05. The van der Waals surface area contributed by atoms with Crippen LogP contribution >= 0.6 is 0 Å². The van der Waals surface area contributed by atoms with Crippen molar-refractivity contribution >= 4 is 24.0 Å². The third kappa shape index (κ3) is 2.18. The predicted octanol–water partition coefficient (Wildman–Crippen LogP) is 2.74. The summed E-state index contributed by atoms with van der Waals surface area (Å²) < 4.78 is 0. The van der Waals surface area contributed by atoms with E-state index >= 15 is 0 Å². The van der Waals surface area contributed by atoms with Crippen LogP contribution in [0, 0.1) is 0 Å². The number of fused-ring (bicyclic) bond motifs is 1. The van der Waals surface area contributed by atoms with Gasteiger partial charge in [0.2, 0.25) is 0 Å². The lowest BCUT2D eigenvalue weighted by Crippen LogP contribution is -2.19. The van der Waals surface area contributed by atoms with Crippen molar-refractivity contribution in [1.82, 2.24) is 5.32 Å². The molecule has 3 nitrogen and oxygen atoms in total. The van der Waals surface area contributed by atoms with Crippen molar-refractivity contribution in [2.24, 2.45) is 0 Å². The summed E-state index contributed by atoms with van der Waals surface area (Å²) in [5.41, 5.74) is 2.87. The highest BCUT2D eigenvalue weighted by Gasteiger charge is 2.26. The van der Waals surface area contributed by atoms with Crippen molar-refractivity contribution < 1.29 is 9.59 Å². The van der Waals surface area contributed by atoms with Gasteiger partial charge in [-0.1, -0.05) is 48.6 Å². The molecule has 1 aliphatic heterocycles. The number of hydrogen-bond donors (Lipinski definition) is 1. The van der Waals surface area contributed by atoms with Gasteiger partial charge in [-0.25, -0.2) is 0 Å². The largest absolute Gasteiger partial charge is 0.288 e. The molecule has 3 heteroatoms. The molecule has 92 valence electrons. The number of nitrogens with one attached hydrogen (secondary N) is 1. The summed E-state index contributed by atoms with van der Waals surface area (Å²) in [4.78, 5) is 23.0. The second kappa shape index (κ2) is 4.53. The molecule has 0 spiro atoms. The molecule has 0 aromatic heterocycles. The predicted molar refractivity (Wildman–Crippen MR) is 73.6 cm³/mol. The van der Waals surface area contributed by atoms with Crippen molar-refractivity contribution in [1.29, 1.82) is 0 Å². The lowest BCUT2D eigenvalue weighted by molar-refractivity contribution is 0.0879. The molecule has 0 unspecified atom stereocenters. The first kappa shape index (κ1) is 11.4. The molecule has 3 rings (SSSR count). The summed E-state index contributed by atoms with van der Waals surface area (Å²) in [7, 11) is 0. The summed E-state index contributed by atoms with van der Waals surface area (Å²) in [6.07, 6.45) is 3.89. The SMILES string of the molecule is O=C1NC(=O)c2cc(C=Cc3ccccc3)ccc21. The van der Waals surface area contributed by atoms with Crippen LogP contribution in [0.2, 0.25) is 0 Å². The summed E-state index contributed by atoms with van der Waals surface area (Å²) in [6, 6.07) is 15.1. The minimum absolute atomic E-state index is 0.321. The van der Waals surface area contributed by atoms with Crippen LogP contribution in [0.3, 0.4) is 0 Å². The molecule has 19 heavy (non-hydrogen) atoms. The van der Waals surface area contributed by atoms with Gasteiger partial charge in [0.1, 0.15) is 0 Å². The second-order valence-electron chi connectivity index (χ2n) is 4.33. The van der Waals surface area contributed by atoms with Gasteiger partial charge >= 0.3 is 0 Å². The van der Waals surface area contributed by atoms with Gasteiger partial charge in [0.05, 0.1) is 11.1 Å². The van der Waals surface area contributed by atoms with Gasteiger partial charge < -0.3 is 0 Å². The van der Waals surface area contributed by atoms with Crippen LogP contribution < -0.4 is 5.32 Å². The summed E-state index contributed by atoms with van der Waals surface area (Å²) >= 11 is 0. The van der Waals surface area contributed by atoms with Crippen LogP contribution in [0.1, 0.15) is 31.8 Å². The first-order chi connectivity index (χ1) is 9.24. The molecule has 0 bridgehead atoms. The van der Waals surface area contributed by atoms with Crippen LogP contribution in [-0.4, -0.2) is 11.8 Å². The van der Waals surface area contributed by atoms with Crippen molar-refractivity contribution in [3.05, 3.63) is 70.8 Å². The monoisotopic (exact) mass is 249 g/mol. The molecule has 2 amide bonds. The van der Waals surface area contributed by atoms with E-state index in [1.165, 1.54) is 0 Å². The van der Waals surface area contributed by atoms with Crippen molar-refractivity contribution in [2.45, 2.75) is 0 Å². The Morgan fingerprint density at radius 3 is 2.21 bits per heavy atom. The van der Waals surface area contributed by atoms with Gasteiger partial charge in [-0.3, -0.25) is 14.9 Å². The second-order valence-corrected chi connectivity index (χ2v) is 4.33. The standard InChI is InChI=1S/C16H11NO2/c18-15-13-9-8-12(10-14(13)16(19)17-15)7-6-11-4-2-1-3-5-11/h1-10H,(H,17,18,19). The highest BCUT2D eigenvalue weighted by Crippen LogP contribution is 2.18. The zero-order valence-electron chi connectivity index (χ0n) is 10.1. The zero-order valence-corrected chi connectivity index (χ0v) is 10.1. The summed E-state index contributed by atoms with van der Waals surface area (Å²) in [5.74, 6) is -0.645. The Morgan fingerprint density at radius 1 is 0.737 bits per heavy atom. The van der Waals surface area contributed by atoms with Gasteiger partial charge in [0.25, 0.3) is 11.8 Å². The third-order valence-corrected chi connectivity index (χ3v) is 3.03. The van der Waals surface area contributed by atoms with Crippen LogP contribution in [-0.2, 0) is 0 Å². The minimum atomic E-state index is -0.324. The van der Waals surface area contributed by atoms with Crippen LogP contribution in [0.5, 0.6) is 0 Å². The van der Waals surface area contributed by atoms with Crippen molar-refractivity contribution in [3.8, 4) is 0 Å². The van der Waals surface area contributed by atoms with Crippen molar-refractivity contribution in [2.75, 3.05) is 0 Å². The highest BCUT2D eigenvalue weighted by molar-refractivity contribution is 6.21. The van der Waals surface area contributed by atoms with E-state index < -0.39 is 0 Å². The Bertz CT molecular complexity index is 687. The van der Waals surface area contributed by atoms with E-state index in [1.807, 2.05) is 48.6 Å².